The molecule has 0 spiro atoms. The third-order valence-corrected chi connectivity index (χ3v) is 4.51. The zero-order valence-electron chi connectivity index (χ0n) is 13.1. The molecule has 0 amide bonds. The van der Waals surface area contributed by atoms with E-state index in [0.29, 0.717) is 17.0 Å². The molecule has 21 heavy (non-hydrogen) atoms. The van der Waals surface area contributed by atoms with E-state index >= 15 is 0 Å². The number of hydrogen-bond acceptors (Lipinski definition) is 2. The number of benzene rings is 1. The maximum Gasteiger partial charge on any atom is 0.127 e. The molecule has 2 rings (SSSR count). The summed E-state index contributed by atoms with van der Waals surface area (Å²) < 4.78 is 19.6. The third-order valence-electron chi connectivity index (χ3n) is 4.16. The first-order chi connectivity index (χ1) is 9.81. The first kappa shape index (κ1) is 16.7. The highest BCUT2D eigenvalue weighted by atomic mass is 35.5. The van der Waals surface area contributed by atoms with Crippen LogP contribution in [-0.4, -0.2) is 25.3 Å². The van der Waals surface area contributed by atoms with Gasteiger partial charge in [-0.05, 0) is 57.6 Å². The van der Waals surface area contributed by atoms with Crippen LogP contribution in [-0.2, 0) is 11.2 Å². The fourth-order valence-electron chi connectivity index (χ4n) is 2.75. The van der Waals surface area contributed by atoms with E-state index in [2.05, 4.69) is 26.1 Å². The highest BCUT2D eigenvalue weighted by Crippen LogP contribution is 2.37. The standard InChI is InChI=1S/C17H25ClFNO/c1-16(2,3)20-12-17(7-9-21-10-8-17)11-13-14(18)5-4-6-15(13)19/h4-6,20H,7-12H2,1-3H3. The van der Waals surface area contributed by atoms with Gasteiger partial charge in [0.05, 0.1) is 0 Å². The predicted molar refractivity (Wildman–Crippen MR) is 85.4 cm³/mol. The van der Waals surface area contributed by atoms with Crippen molar-refractivity contribution >= 4 is 11.6 Å². The molecule has 0 saturated carbocycles. The number of rotatable bonds is 4. The molecule has 1 saturated heterocycles. The van der Waals surface area contributed by atoms with Crippen LogP contribution in [0.4, 0.5) is 4.39 Å². The predicted octanol–water partition coefficient (Wildman–Crippen LogP) is 4.21. The van der Waals surface area contributed by atoms with Crippen LogP contribution in [0.25, 0.3) is 0 Å². The monoisotopic (exact) mass is 313 g/mol. The Morgan fingerprint density at radius 2 is 1.95 bits per heavy atom. The van der Waals surface area contributed by atoms with Crippen LogP contribution < -0.4 is 5.32 Å². The van der Waals surface area contributed by atoms with Crippen molar-refractivity contribution in [3.05, 3.63) is 34.6 Å². The van der Waals surface area contributed by atoms with E-state index in [-0.39, 0.29) is 16.8 Å². The zero-order valence-corrected chi connectivity index (χ0v) is 13.9. The van der Waals surface area contributed by atoms with E-state index in [0.717, 1.165) is 32.6 Å². The van der Waals surface area contributed by atoms with Crippen LogP contribution in [0, 0.1) is 11.2 Å². The first-order valence-electron chi connectivity index (χ1n) is 7.57. The van der Waals surface area contributed by atoms with Crippen molar-refractivity contribution in [1.82, 2.24) is 5.32 Å². The molecule has 0 aliphatic carbocycles. The summed E-state index contributed by atoms with van der Waals surface area (Å²) in [4.78, 5) is 0. The minimum absolute atomic E-state index is 0.0113. The van der Waals surface area contributed by atoms with Crippen molar-refractivity contribution in [1.29, 1.82) is 0 Å². The SMILES string of the molecule is CC(C)(C)NCC1(Cc2c(F)cccc2Cl)CCOCC1. The maximum atomic E-state index is 14.1. The summed E-state index contributed by atoms with van der Waals surface area (Å²) in [6, 6.07) is 4.92. The Morgan fingerprint density at radius 3 is 2.52 bits per heavy atom. The molecule has 0 aromatic heterocycles. The van der Waals surface area contributed by atoms with E-state index in [1.165, 1.54) is 6.07 Å². The molecule has 0 unspecified atom stereocenters. The van der Waals surface area contributed by atoms with Gasteiger partial charge in [-0.2, -0.15) is 0 Å². The molecular formula is C17H25ClFNO. The number of halogens is 2. The average Bonchev–Trinajstić information content (AvgIpc) is 2.42. The Bertz CT molecular complexity index is 458. The summed E-state index contributed by atoms with van der Waals surface area (Å²) in [5, 5.41) is 4.10. The molecule has 0 atom stereocenters. The lowest BCUT2D eigenvalue weighted by Crippen LogP contribution is -2.47. The quantitative estimate of drug-likeness (QED) is 0.899. The lowest BCUT2D eigenvalue weighted by Gasteiger charge is -2.40. The van der Waals surface area contributed by atoms with Gasteiger partial charge < -0.3 is 10.1 Å². The van der Waals surface area contributed by atoms with Gasteiger partial charge in [0.1, 0.15) is 5.82 Å². The minimum atomic E-state index is -0.205. The second-order valence-corrected chi connectivity index (χ2v) is 7.50. The van der Waals surface area contributed by atoms with Gasteiger partial charge >= 0.3 is 0 Å². The maximum absolute atomic E-state index is 14.1. The second-order valence-electron chi connectivity index (χ2n) is 7.09. The van der Waals surface area contributed by atoms with Crippen LogP contribution in [0.2, 0.25) is 5.02 Å². The molecule has 0 radical (unpaired) electrons. The molecule has 2 nitrogen and oxygen atoms in total. The summed E-state index contributed by atoms with van der Waals surface area (Å²) in [6.45, 7) is 8.77. The molecule has 0 bridgehead atoms. The minimum Gasteiger partial charge on any atom is -0.381 e. The first-order valence-corrected chi connectivity index (χ1v) is 7.95. The average molecular weight is 314 g/mol. The molecule has 1 aromatic rings. The Hall–Kier alpha value is -0.640. The summed E-state index contributed by atoms with van der Waals surface area (Å²) in [5.41, 5.74) is 0.693. The summed E-state index contributed by atoms with van der Waals surface area (Å²) in [5.74, 6) is -0.205. The van der Waals surface area contributed by atoms with E-state index < -0.39 is 0 Å². The highest BCUT2D eigenvalue weighted by Gasteiger charge is 2.35. The molecule has 1 N–H and O–H groups in total. The van der Waals surface area contributed by atoms with E-state index in [1.54, 1.807) is 12.1 Å². The van der Waals surface area contributed by atoms with E-state index in [9.17, 15) is 4.39 Å². The van der Waals surface area contributed by atoms with Crippen molar-refractivity contribution in [2.75, 3.05) is 19.8 Å². The molecule has 1 heterocycles. The second kappa shape index (κ2) is 6.64. The Kier molecular flexibility index (Phi) is 5.29. The lowest BCUT2D eigenvalue weighted by molar-refractivity contribution is 0.0118. The van der Waals surface area contributed by atoms with Gasteiger partial charge in [-0.15, -0.1) is 0 Å². The largest absolute Gasteiger partial charge is 0.381 e. The van der Waals surface area contributed by atoms with Gasteiger partial charge in [-0.3, -0.25) is 0 Å². The number of ether oxygens (including phenoxy) is 1. The fourth-order valence-corrected chi connectivity index (χ4v) is 2.98. The molecule has 4 heteroatoms. The van der Waals surface area contributed by atoms with Gasteiger partial charge in [-0.25, -0.2) is 4.39 Å². The van der Waals surface area contributed by atoms with Crippen LogP contribution >= 0.6 is 11.6 Å². The number of hydrogen-bond donors (Lipinski definition) is 1. The summed E-state index contributed by atoms with van der Waals surface area (Å²) in [6.07, 6.45) is 2.52. The molecule has 1 aliphatic heterocycles. The molecule has 118 valence electrons. The van der Waals surface area contributed by atoms with Gasteiger partial charge in [0.2, 0.25) is 0 Å². The van der Waals surface area contributed by atoms with Gasteiger partial charge in [0, 0.05) is 35.9 Å². The van der Waals surface area contributed by atoms with Gasteiger partial charge in [0.15, 0.2) is 0 Å². The third kappa shape index (κ3) is 4.67. The van der Waals surface area contributed by atoms with Crippen LogP contribution in [0.15, 0.2) is 18.2 Å². The normalized spacial score (nSPS) is 18.7. The van der Waals surface area contributed by atoms with Crippen molar-refractivity contribution in [2.45, 2.75) is 45.6 Å². The molecule has 1 aromatic carbocycles. The number of nitrogens with one attached hydrogen (secondary N) is 1. The van der Waals surface area contributed by atoms with Crippen LogP contribution in [0.3, 0.4) is 0 Å². The zero-order chi connectivity index (χ0) is 15.5. The summed E-state index contributed by atoms with van der Waals surface area (Å²) in [7, 11) is 0. The lowest BCUT2D eigenvalue weighted by atomic mass is 9.74. The molecule has 1 fully saturated rings. The molecule has 1 aliphatic rings. The summed E-state index contributed by atoms with van der Waals surface area (Å²) >= 11 is 6.21. The van der Waals surface area contributed by atoms with Crippen molar-refractivity contribution in [3.63, 3.8) is 0 Å². The van der Waals surface area contributed by atoms with Crippen LogP contribution in [0.5, 0.6) is 0 Å². The Balaban J connectivity index is 2.20. The van der Waals surface area contributed by atoms with E-state index in [1.807, 2.05) is 0 Å². The Morgan fingerprint density at radius 1 is 1.29 bits per heavy atom. The van der Waals surface area contributed by atoms with Crippen molar-refractivity contribution in [3.8, 4) is 0 Å². The Labute approximate surface area is 132 Å². The van der Waals surface area contributed by atoms with Crippen molar-refractivity contribution in [2.24, 2.45) is 5.41 Å². The smallest absolute Gasteiger partial charge is 0.127 e. The van der Waals surface area contributed by atoms with Gasteiger partial charge in [-0.1, -0.05) is 17.7 Å². The fraction of sp³-hybridized carbons (Fsp3) is 0.647. The molecular weight excluding hydrogens is 289 g/mol. The highest BCUT2D eigenvalue weighted by molar-refractivity contribution is 6.31. The topological polar surface area (TPSA) is 21.3 Å². The van der Waals surface area contributed by atoms with E-state index in [4.69, 9.17) is 16.3 Å². The van der Waals surface area contributed by atoms with Crippen LogP contribution in [0.1, 0.15) is 39.2 Å². The van der Waals surface area contributed by atoms with Gasteiger partial charge in [0.25, 0.3) is 0 Å². The van der Waals surface area contributed by atoms with Crippen molar-refractivity contribution < 1.29 is 9.13 Å².